The molecular formula is C18H26N2O. The second-order valence-corrected chi connectivity index (χ2v) is 6.92. The zero-order valence-corrected chi connectivity index (χ0v) is 12.8. The Hall–Kier alpha value is -1.06. The Kier molecular flexibility index (Phi) is 3.64. The van der Waals surface area contributed by atoms with Gasteiger partial charge in [-0.3, -0.25) is 0 Å². The molecule has 3 nitrogen and oxygen atoms in total. The smallest absolute Gasteiger partial charge is 0.0758 e. The van der Waals surface area contributed by atoms with Crippen LogP contribution in [-0.4, -0.2) is 31.3 Å². The van der Waals surface area contributed by atoms with Gasteiger partial charge in [0.25, 0.3) is 0 Å². The number of benzene rings is 1. The highest BCUT2D eigenvalue weighted by Crippen LogP contribution is 2.43. The number of rotatable bonds is 2. The van der Waals surface area contributed by atoms with E-state index in [0.717, 1.165) is 26.2 Å². The van der Waals surface area contributed by atoms with Crippen molar-refractivity contribution in [2.45, 2.75) is 56.8 Å². The van der Waals surface area contributed by atoms with Crippen molar-refractivity contribution in [2.75, 3.05) is 24.5 Å². The fraction of sp³-hybridized carbons (Fsp3) is 0.667. The molecule has 3 heteroatoms. The molecule has 0 amide bonds. The molecule has 114 valence electrons. The van der Waals surface area contributed by atoms with E-state index in [-0.39, 0.29) is 5.60 Å². The second kappa shape index (κ2) is 5.62. The molecule has 1 aromatic rings. The van der Waals surface area contributed by atoms with Crippen LogP contribution in [0.5, 0.6) is 0 Å². The van der Waals surface area contributed by atoms with Gasteiger partial charge in [0.05, 0.1) is 11.7 Å². The lowest BCUT2D eigenvalue weighted by Gasteiger charge is -2.29. The number of hydrogen-bond acceptors (Lipinski definition) is 3. The Labute approximate surface area is 127 Å². The monoisotopic (exact) mass is 286 g/mol. The number of fused-ring (bicyclic) bond motifs is 1. The Morgan fingerprint density at radius 1 is 1.19 bits per heavy atom. The number of para-hydroxylation sites is 1. The lowest BCUT2D eigenvalue weighted by atomic mass is 9.98. The van der Waals surface area contributed by atoms with E-state index < -0.39 is 0 Å². The standard InChI is InChI=1S/C18H26N2O/c1-2-6-17-15(5-1)13-19-11-12-20(17)14-16-7-10-18(21-16)8-3-4-9-18/h1-2,5-6,16,19H,3-4,7-14H2. The van der Waals surface area contributed by atoms with Crippen LogP contribution in [-0.2, 0) is 11.3 Å². The van der Waals surface area contributed by atoms with Crippen LogP contribution in [0.2, 0.25) is 0 Å². The maximum Gasteiger partial charge on any atom is 0.0758 e. The summed E-state index contributed by atoms with van der Waals surface area (Å²) >= 11 is 0. The summed E-state index contributed by atoms with van der Waals surface area (Å²) in [5, 5.41) is 3.52. The van der Waals surface area contributed by atoms with Crippen LogP contribution >= 0.6 is 0 Å². The first-order valence-electron chi connectivity index (χ1n) is 8.56. The molecule has 1 spiro atoms. The normalized spacial score (nSPS) is 27.8. The zero-order valence-electron chi connectivity index (χ0n) is 12.8. The highest BCUT2D eigenvalue weighted by atomic mass is 16.5. The van der Waals surface area contributed by atoms with Gasteiger partial charge in [-0.15, -0.1) is 0 Å². The summed E-state index contributed by atoms with van der Waals surface area (Å²) in [6.45, 7) is 4.19. The molecule has 0 aromatic heterocycles. The molecule has 1 atom stereocenters. The topological polar surface area (TPSA) is 24.5 Å². The van der Waals surface area contributed by atoms with Crippen molar-refractivity contribution in [3.63, 3.8) is 0 Å². The van der Waals surface area contributed by atoms with Gasteiger partial charge in [-0.2, -0.15) is 0 Å². The van der Waals surface area contributed by atoms with Gasteiger partial charge < -0.3 is 15.0 Å². The van der Waals surface area contributed by atoms with Gasteiger partial charge >= 0.3 is 0 Å². The Bertz CT molecular complexity index is 496. The molecule has 3 aliphatic rings. The summed E-state index contributed by atoms with van der Waals surface area (Å²) in [6.07, 6.45) is 8.27. The van der Waals surface area contributed by atoms with Gasteiger partial charge in [0.1, 0.15) is 0 Å². The Balaban J connectivity index is 1.47. The molecule has 1 saturated carbocycles. The molecule has 1 unspecified atom stereocenters. The average Bonchev–Trinajstić information content (AvgIpc) is 3.08. The lowest BCUT2D eigenvalue weighted by molar-refractivity contribution is -0.0327. The molecule has 0 radical (unpaired) electrons. The van der Waals surface area contributed by atoms with Crippen molar-refractivity contribution in [1.29, 1.82) is 0 Å². The molecule has 2 heterocycles. The number of ether oxygens (including phenoxy) is 1. The number of anilines is 1. The number of hydrogen-bond donors (Lipinski definition) is 1. The molecule has 1 N–H and O–H groups in total. The fourth-order valence-electron chi connectivity index (χ4n) is 4.37. The molecule has 2 fully saturated rings. The maximum atomic E-state index is 6.51. The van der Waals surface area contributed by atoms with Gasteiger partial charge in [0.2, 0.25) is 0 Å². The minimum atomic E-state index is 0.258. The van der Waals surface area contributed by atoms with E-state index in [1.807, 2.05) is 0 Å². The molecule has 1 aliphatic carbocycles. The molecule has 0 bridgehead atoms. The predicted octanol–water partition coefficient (Wildman–Crippen LogP) is 3.09. The summed E-state index contributed by atoms with van der Waals surface area (Å²) in [4.78, 5) is 2.54. The first kappa shape index (κ1) is 13.6. The van der Waals surface area contributed by atoms with E-state index in [2.05, 4.69) is 34.5 Å². The lowest BCUT2D eigenvalue weighted by Crippen LogP contribution is -2.37. The van der Waals surface area contributed by atoms with Crippen LogP contribution in [0, 0.1) is 0 Å². The summed E-state index contributed by atoms with van der Waals surface area (Å²) in [5.74, 6) is 0. The predicted molar refractivity (Wildman–Crippen MR) is 85.7 cm³/mol. The van der Waals surface area contributed by atoms with Crippen LogP contribution in [0.1, 0.15) is 44.1 Å². The maximum absolute atomic E-state index is 6.51. The van der Waals surface area contributed by atoms with Crippen molar-refractivity contribution < 1.29 is 4.74 Å². The largest absolute Gasteiger partial charge is 0.370 e. The summed E-state index contributed by atoms with van der Waals surface area (Å²) in [5.41, 5.74) is 3.08. The number of nitrogens with zero attached hydrogens (tertiary/aromatic N) is 1. The quantitative estimate of drug-likeness (QED) is 0.904. The van der Waals surface area contributed by atoms with Gasteiger partial charge in [-0.05, 0) is 37.3 Å². The summed E-state index contributed by atoms with van der Waals surface area (Å²) < 4.78 is 6.51. The Morgan fingerprint density at radius 2 is 2.05 bits per heavy atom. The molecular weight excluding hydrogens is 260 g/mol. The van der Waals surface area contributed by atoms with Crippen LogP contribution in [0.25, 0.3) is 0 Å². The van der Waals surface area contributed by atoms with Crippen LogP contribution in [0.3, 0.4) is 0 Å². The number of nitrogens with one attached hydrogen (secondary N) is 1. The SMILES string of the molecule is c1ccc2c(c1)CNCCN2CC1CCC2(CCCC2)O1. The first-order valence-corrected chi connectivity index (χ1v) is 8.56. The van der Waals surface area contributed by atoms with Crippen molar-refractivity contribution in [1.82, 2.24) is 5.32 Å². The summed E-state index contributed by atoms with van der Waals surface area (Å²) in [6, 6.07) is 8.81. The zero-order chi connectivity index (χ0) is 14.1. The molecule has 2 aliphatic heterocycles. The van der Waals surface area contributed by atoms with E-state index in [0.29, 0.717) is 6.10 Å². The van der Waals surface area contributed by atoms with E-state index >= 15 is 0 Å². The highest BCUT2D eigenvalue weighted by molar-refractivity contribution is 5.54. The molecule has 1 saturated heterocycles. The van der Waals surface area contributed by atoms with E-state index in [4.69, 9.17) is 4.74 Å². The van der Waals surface area contributed by atoms with Crippen LogP contribution in [0.4, 0.5) is 5.69 Å². The third-order valence-corrected chi connectivity index (χ3v) is 5.48. The molecule has 1 aromatic carbocycles. The van der Waals surface area contributed by atoms with Gasteiger partial charge in [0, 0.05) is 31.9 Å². The minimum absolute atomic E-state index is 0.258. The van der Waals surface area contributed by atoms with E-state index in [1.54, 1.807) is 0 Å². The Morgan fingerprint density at radius 3 is 2.95 bits per heavy atom. The van der Waals surface area contributed by atoms with Crippen molar-refractivity contribution in [3.8, 4) is 0 Å². The van der Waals surface area contributed by atoms with Crippen molar-refractivity contribution >= 4 is 5.69 Å². The van der Waals surface area contributed by atoms with Crippen LogP contribution in [0.15, 0.2) is 24.3 Å². The third kappa shape index (κ3) is 2.69. The first-order chi connectivity index (χ1) is 10.3. The van der Waals surface area contributed by atoms with Crippen molar-refractivity contribution in [3.05, 3.63) is 29.8 Å². The third-order valence-electron chi connectivity index (χ3n) is 5.48. The fourth-order valence-corrected chi connectivity index (χ4v) is 4.37. The van der Waals surface area contributed by atoms with Crippen LogP contribution < -0.4 is 10.2 Å². The summed E-state index contributed by atoms with van der Waals surface area (Å²) in [7, 11) is 0. The molecule has 21 heavy (non-hydrogen) atoms. The van der Waals surface area contributed by atoms with E-state index in [1.165, 1.54) is 49.8 Å². The average molecular weight is 286 g/mol. The minimum Gasteiger partial charge on any atom is -0.370 e. The molecule has 4 rings (SSSR count). The highest BCUT2D eigenvalue weighted by Gasteiger charge is 2.42. The van der Waals surface area contributed by atoms with Gasteiger partial charge in [-0.1, -0.05) is 31.0 Å². The second-order valence-electron chi connectivity index (χ2n) is 6.92. The van der Waals surface area contributed by atoms with Crippen molar-refractivity contribution in [2.24, 2.45) is 0 Å². The van der Waals surface area contributed by atoms with E-state index in [9.17, 15) is 0 Å². The van der Waals surface area contributed by atoms with Gasteiger partial charge in [0.15, 0.2) is 0 Å². The van der Waals surface area contributed by atoms with Gasteiger partial charge in [-0.25, -0.2) is 0 Å².